The van der Waals surface area contributed by atoms with Gasteiger partial charge in [0.05, 0.1) is 30.2 Å². The lowest BCUT2D eigenvalue weighted by molar-refractivity contribution is -0.122. The van der Waals surface area contributed by atoms with Gasteiger partial charge in [-0.3, -0.25) is 14.5 Å². The number of nitrogens with zero attached hydrogens (tertiary/aromatic N) is 1. The van der Waals surface area contributed by atoms with E-state index in [0.29, 0.717) is 24.9 Å². The molecule has 0 aromatic heterocycles. The van der Waals surface area contributed by atoms with Crippen molar-refractivity contribution in [3.63, 3.8) is 0 Å². The van der Waals surface area contributed by atoms with Gasteiger partial charge in [0.15, 0.2) is 0 Å². The second-order valence-electron chi connectivity index (χ2n) is 16.8. The number of allylic oxidation sites excluding steroid dienone is 1. The number of phenols is 1. The smallest absolute Gasteiger partial charge is 0.455 e. The van der Waals surface area contributed by atoms with Crippen LogP contribution >= 0.6 is 0 Å². The molecule has 2 amide bonds. The molecular weight excluding hydrogens is 737 g/mol. The Morgan fingerprint density at radius 3 is 2.02 bits per heavy atom. The van der Waals surface area contributed by atoms with E-state index in [1.807, 2.05) is 60.7 Å². The van der Waals surface area contributed by atoms with E-state index in [1.54, 1.807) is 24.3 Å². The van der Waals surface area contributed by atoms with E-state index < -0.39 is 39.3 Å². The molecule has 9 heteroatoms. The maximum absolute atomic E-state index is 14.5. The fourth-order valence-corrected chi connectivity index (χ4v) is 14.3. The molecular formula is C49H50BNO6Si. The summed E-state index contributed by atoms with van der Waals surface area (Å²) in [5.41, 5.74) is 5.48. The van der Waals surface area contributed by atoms with Gasteiger partial charge in [0.1, 0.15) is 5.75 Å². The second-order valence-corrected chi connectivity index (χ2v) is 21.1. The van der Waals surface area contributed by atoms with Gasteiger partial charge in [0.25, 0.3) is 8.32 Å². The Kier molecular flexibility index (Phi) is 11.2. The van der Waals surface area contributed by atoms with Crippen molar-refractivity contribution in [1.29, 1.82) is 0 Å². The summed E-state index contributed by atoms with van der Waals surface area (Å²) in [7, 11) is -4.11. The third-order valence-electron chi connectivity index (χ3n) is 12.2. The molecule has 7 nitrogen and oxygen atoms in total. The zero-order chi connectivity index (χ0) is 40.4. The highest BCUT2D eigenvalue weighted by Crippen LogP contribution is 2.52. The molecule has 58 heavy (non-hydrogen) atoms. The highest BCUT2D eigenvalue weighted by molar-refractivity contribution is 6.99. The number of anilines is 1. The molecule has 1 aliphatic carbocycles. The van der Waals surface area contributed by atoms with Crippen LogP contribution in [-0.2, 0) is 18.7 Å². The van der Waals surface area contributed by atoms with Gasteiger partial charge in [-0.2, -0.15) is 0 Å². The Balaban J connectivity index is 1.23. The number of aromatic hydroxyl groups is 1. The monoisotopic (exact) mass is 787 g/mol. The van der Waals surface area contributed by atoms with Crippen molar-refractivity contribution in [3.05, 3.63) is 168 Å². The van der Waals surface area contributed by atoms with Crippen LogP contribution in [0.1, 0.15) is 51.2 Å². The van der Waals surface area contributed by atoms with Crippen molar-refractivity contribution in [2.75, 3.05) is 11.5 Å². The van der Waals surface area contributed by atoms with E-state index in [9.17, 15) is 19.7 Å². The van der Waals surface area contributed by atoms with Crippen LogP contribution in [0.15, 0.2) is 157 Å². The van der Waals surface area contributed by atoms with E-state index in [2.05, 4.69) is 87.5 Å². The van der Waals surface area contributed by atoms with Gasteiger partial charge < -0.3 is 19.2 Å². The number of phenolic OH excluding ortho intramolecular Hbond substituents is 1. The lowest BCUT2D eigenvalue weighted by Crippen LogP contribution is -2.66. The molecule has 2 aliphatic heterocycles. The average molecular weight is 788 g/mol. The van der Waals surface area contributed by atoms with E-state index in [1.165, 1.54) is 4.90 Å². The van der Waals surface area contributed by atoms with E-state index in [-0.39, 0.29) is 35.5 Å². The number of imide groups is 1. The largest absolute Gasteiger partial charge is 0.508 e. The molecule has 5 aromatic carbocycles. The summed E-state index contributed by atoms with van der Waals surface area (Å²) in [5, 5.41) is 23.8. The van der Waals surface area contributed by atoms with Gasteiger partial charge in [0.2, 0.25) is 11.8 Å². The van der Waals surface area contributed by atoms with E-state index in [4.69, 9.17) is 9.08 Å². The van der Waals surface area contributed by atoms with E-state index in [0.717, 1.165) is 38.2 Å². The predicted molar refractivity (Wildman–Crippen MR) is 234 cm³/mol. The van der Waals surface area contributed by atoms with Gasteiger partial charge in [0, 0.05) is 0 Å². The van der Waals surface area contributed by atoms with Crippen molar-refractivity contribution in [2.45, 2.75) is 57.5 Å². The van der Waals surface area contributed by atoms with Crippen molar-refractivity contribution >= 4 is 55.0 Å². The van der Waals surface area contributed by atoms with Crippen LogP contribution in [-0.4, -0.2) is 50.1 Å². The van der Waals surface area contributed by atoms with Crippen molar-refractivity contribution in [2.24, 2.45) is 17.8 Å². The number of hydrogen-bond acceptors (Lipinski definition) is 6. The Labute approximate surface area is 342 Å². The first-order valence-corrected chi connectivity index (χ1v) is 22.2. The third-order valence-corrected chi connectivity index (χ3v) is 17.2. The summed E-state index contributed by atoms with van der Waals surface area (Å²) < 4.78 is 14.1. The number of hydrogen-bond donors (Lipinski definition) is 2. The molecule has 2 N–H and O–H groups in total. The molecule has 4 atom stereocenters. The molecule has 2 fully saturated rings. The fraction of sp³-hybridized carbons (Fsp3) is 0.265. The molecule has 0 radical (unpaired) electrons. The molecule has 3 aliphatic rings. The molecule has 0 saturated carbocycles. The maximum Gasteiger partial charge on any atom is 0.455 e. The molecule has 294 valence electrons. The van der Waals surface area contributed by atoms with E-state index >= 15 is 0 Å². The molecule has 0 unspecified atom stereocenters. The minimum atomic E-state index is -3.00. The third kappa shape index (κ3) is 7.55. The molecule has 5 aromatic rings. The van der Waals surface area contributed by atoms with Crippen molar-refractivity contribution < 1.29 is 28.8 Å². The first-order chi connectivity index (χ1) is 28.0. The minimum absolute atomic E-state index is 0.190. The summed E-state index contributed by atoms with van der Waals surface area (Å²) in [6.45, 7) is 7.01. The second kappa shape index (κ2) is 16.5. The number of carbonyl (C=O) groups excluding carboxylic acids is 2. The normalized spacial score (nSPS) is 21.3. The Morgan fingerprint density at radius 1 is 0.810 bits per heavy atom. The number of carbonyl (C=O) groups is 2. The quantitative estimate of drug-likeness (QED) is 0.0606. The predicted octanol–water partition coefficient (Wildman–Crippen LogP) is 8.29. The van der Waals surface area contributed by atoms with Gasteiger partial charge >= 0.3 is 7.12 Å². The summed E-state index contributed by atoms with van der Waals surface area (Å²) >= 11 is 0. The van der Waals surface area contributed by atoms with Crippen LogP contribution in [0.3, 0.4) is 0 Å². The Morgan fingerprint density at radius 2 is 1.41 bits per heavy atom. The summed E-state index contributed by atoms with van der Waals surface area (Å²) in [5.74, 6) is -1.87. The number of fused-ring (bicyclic) bond motifs is 3. The number of rotatable bonds is 11. The number of amides is 2. The lowest BCUT2D eigenvalue weighted by atomic mass is 9.58. The zero-order valence-corrected chi connectivity index (χ0v) is 34.3. The minimum Gasteiger partial charge on any atom is -0.508 e. The first-order valence-electron chi connectivity index (χ1n) is 20.3. The molecule has 8 rings (SSSR count). The van der Waals surface area contributed by atoms with Gasteiger partial charge in [-0.05, 0) is 99.0 Å². The SMILES string of the molecule is CC(C)(C)[Si](OCC1=C2[C@@H](CC/C(=C/c3cccc(O)c3)c3ccccc3)OB(O)C[C@@H]2[C@@H]2C(=O)N(c3ccccc3)C(=O)[C@@H]2C1)(c1ccccc1)c1ccccc1. The Hall–Kier alpha value is -5.32. The first kappa shape index (κ1) is 39.5. The van der Waals surface area contributed by atoms with Gasteiger partial charge in [-0.1, -0.05) is 148 Å². The average Bonchev–Trinajstić information content (AvgIpc) is 3.48. The van der Waals surface area contributed by atoms with Crippen LogP contribution in [0.25, 0.3) is 11.6 Å². The zero-order valence-electron chi connectivity index (χ0n) is 33.3. The van der Waals surface area contributed by atoms with Crippen LogP contribution < -0.4 is 15.3 Å². The lowest BCUT2D eigenvalue weighted by Gasteiger charge is -2.46. The summed E-state index contributed by atoms with van der Waals surface area (Å²) in [6.07, 6.45) is 3.24. The molecule has 2 heterocycles. The summed E-state index contributed by atoms with van der Waals surface area (Å²) in [6, 6.07) is 47.5. The van der Waals surface area contributed by atoms with Gasteiger partial charge in [-0.15, -0.1) is 0 Å². The molecule has 2 saturated heterocycles. The maximum atomic E-state index is 14.5. The molecule has 0 spiro atoms. The topological polar surface area (TPSA) is 96.3 Å². The highest BCUT2D eigenvalue weighted by atomic mass is 28.4. The number of benzene rings is 5. The summed E-state index contributed by atoms with van der Waals surface area (Å²) in [4.78, 5) is 30.3. The van der Waals surface area contributed by atoms with Crippen molar-refractivity contribution in [1.82, 2.24) is 0 Å². The fourth-order valence-electron chi connectivity index (χ4n) is 9.74. The highest BCUT2D eigenvalue weighted by Gasteiger charge is 2.58. The van der Waals surface area contributed by atoms with Crippen LogP contribution in [0.5, 0.6) is 5.75 Å². The van der Waals surface area contributed by atoms with Crippen molar-refractivity contribution in [3.8, 4) is 5.75 Å². The standard InChI is InChI=1S/C49H50BNO6Si/c1-49(2,3)58(40-23-12-6-13-24-40,41-25-14-7-15-26-41)56-33-37-31-42-46(48(54)51(47(42)53)38-20-10-5-11-21-38)43-32-50(55)57-44(45(37)43)28-27-36(35-18-8-4-9-19-35)29-34-17-16-22-39(52)30-34/h4-26,29-30,42-44,46,52,55H,27-28,31-33H2,1-3H3/b36-29-/t42-,43+,44-,46-/m1/s1. The van der Waals surface area contributed by atoms with Crippen LogP contribution in [0.4, 0.5) is 5.69 Å². The number of para-hydroxylation sites is 1. The van der Waals surface area contributed by atoms with Crippen LogP contribution in [0.2, 0.25) is 11.4 Å². The molecule has 0 bridgehead atoms. The van der Waals surface area contributed by atoms with Gasteiger partial charge in [-0.25, -0.2) is 0 Å². The van der Waals surface area contributed by atoms with Crippen LogP contribution in [0, 0.1) is 17.8 Å². The Bertz CT molecular complexity index is 2270.